The molecule has 2 aromatic rings. The zero-order valence-electron chi connectivity index (χ0n) is 20.3. The lowest BCUT2D eigenvalue weighted by Gasteiger charge is -2.29. The summed E-state index contributed by atoms with van der Waals surface area (Å²) in [6.45, 7) is 10.2. The molecule has 0 aliphatic rings. The molecule has 0 aliphatic carbocycles. The number of methoxy groups -OCH3 is 2. The number of carbonyl (C=O) groups excluding carboxylic acids is 1. The standard InChI is InChI=1S/C24H31F3N2O4/c1-23(2,3)16(13-9-28-22(29-10-13)24(4,5)6)21(30)33-12-15-18(26)17(25)14(11-31-7)19(27)20(15)32-8/h9-10,16H,11-12H2,1-8H3. The molecule has 1 unspecified atom stereocenters. The Morgan fingerprint density at radius 1 is 0.909 bits per heavy atom. The van der Waals surface area contributed by atoms with Crippen molar-refractivity contribution >= 4 is 5.97 Å². The number of esters is 1. The van der Waals surface area contributed by atoms with Gasteiger partial charge in [0.15, 0.2) is 23.2 Å². The van der Waals surface area contributed by atoms with Gasteiger partial charge in [-0.2, -0.15) is 0 Å². The molecule has 0 spiro atoms. The Kier molecular flexibility index (Phi) is 8.11. The summed E-state index contributed by atoms with van der Waals surface area (Å²) >= 11 is 0. The average Bonchev–Trinajstić information content (AvgIpc) is 2.71. The summed E-state index contributed by atoms with van der Waals surface area (Å²) < 4.78 is 58.7. The molecule has 1 aromatic heterocycles. The molecule has 33 heavy (non-hydrogen) atoms. The highest BCUT2D eigenvalue weighted by Crippen LogP contribution is 2.37. The number of hydrogen-bond donors (Lipinski definition) is 0. The minimum atomic E-state index is -1.42. The van der Waals surface area contributed by atoms with Crippen molar-refractivity contribution in [3.8, 4) is 5.75 Å². The van der Waals surface area contributed by atoms with Gasteiger partial charge in [-0.3, -0.25) is 4.79 Å². The summed E-state index contributed by atoms with van der Waals surface area (Å²) in [7, 11) is 2.34. The molecule has 6 nitrogen and oxygen atoms in total. The minimum absolute atomic E-state index is 0.270. The van der Waals surface area contributed by atoms with E-state index in [-0.39, 0.29) is 5.41 Å². The highest BCUT2D eigenvalue weighted by molar-refractivity contribution is 5.79. The molecule has 0 N–H and O–H groups in total. The van der Waals surface area contributed by atoms with Crippen molar-refractivity contribution in [1.29, 1.82) is 0 Å². The van der Waals surface area contributed by atoms with Crippen molar-refractivity contribution in [2.75, 3.05) is 14.2 Å². The average molecular weight is 469 g/mol. The van der Waals surface area contributed by atoms with Crippen molar-refractivity contribution in [1.82, 2.24) is 9.97 Å². The van der Waals surface area contributed by atoms with Gasteiger partial charge in [0.25, 0.3) is 0 Å². The van der Waals surface area contributed by atoms with Crippen LogP contribution in [0.3, 0.4) is 0 Å². The van der Waals surface area contributed by atoms with Crippen LogP contribution in [0, 0.1) is 22.9 Å². The van der Waals surface area contributed by atoms with Gasteiger partial charge in [0.05, 0.1) is 30.8 Å². The SMILES string of the molecule is COCc1c(F)c(F)c(COC(=O)C(c2cnc(C(C)(C)C)nc2)C(C)(C)C)c(OC)c1F. The van der Waals surface area contributed by atoms with Crippen molar-refractivity contribution in [2.45, 2.75) is 66.1 Å². The molecule has 0 saturated carbocycles. The lowest BCUT2D eigenvalue weighted by Crippen LogP contribution is -2.29. The van der Waals surface area contributed by atoms with Crippen LogP contribution in [0.25, 0.3) is 0 Å². The summed E-state index contributed by atoms with van der Waals surface area (Å²) in [6, 6.07) is 0. The fourth-order valence-electron chi connectivity index (χ4n) is 3.43. The summed E-state index contributed by atoms with van der Waals surface area (Å²) in [5, 5.41) is 0. The number of hydrogen-bond acceptors (Lipinski definition) is 6. The third kappa shape index (κ3) is 5.82. The van der Waals surface area contributed by atoms with Crippen molar-refractivity contribution in [2.24, 2.45) is 5.41 Å². The van der Waals surface area contributed by atoms with E-state index in [1.54, 1.807) is 12.4 Å². The molecule has 0 amide bonds. The van der Waals surface area contributed by atoms with E-state index >= 15 is 0 Å². The molecular formula is C24H31F3N2O4. The quantitative estimate of drug-likeness (QED) is 0.410. The Balaban J connectivity index is 2.37. The fraction of sp³-hybridized carbons (Fsp3) is 0.542. The van der Waals surface area contributed by atoms with E-state index in [0.717, 1.165) is 7.11 Å². The maximum atomic E-state index is 14.7. The van der Waals surface area contributed by atoms with E-state index in [1.807, 2.05) is 41.5 Å². The first-order valence-corrected chi connectivity index (χ1v) is 10.4. The Hall–Kier alpha value is -2.68. The molecule has 1 atom stereocenters. The molecule has 0 aliphatic heterocycles. The smallest absolute Gasteiger partial charge is 0.314 e. The topological polar surface area (TPSA) is 70.5 Å². The highest BCUT2D eigenvalue weighted by atomic mass is 19.2. The number of ether oxygens (including phenoxy) is 3. The molecule has 0 fully saturated rings. The predicted molar refractivity (Wildman–Crippen MR) is 116 cm³/mol. The summed E-state index contributed by atoms with van der Waals surface area (Å²) in [4.78, 5) is 21.8. The van der Waals surface area contributed by atoms with Gasteiger partial charge < -0.3 is 14.2 Å². The molecule has 182 valence electrons. The van der Waals surface area contributed by atoms with Gasteiger partial charge in [0.2, 0.25) is 0 Å². The first-order valence-electron chi connectivity index (χ1n) is 10.4. The first-order chi connectivity index (χ1) is 15.2. The van der Waals surface area contributed by atoms with Gasteiger partial charge in [-0.05, 0) is 5.41 Å². The second-order valence-corrected chi connectivity index (χ2v) is 9.86. The maximum Gasteiger partial charge on any atom is 0.314 e. The van der Waals surface area contributed by atoms with Gasteiger partial charge in [0.1, 0.15) is 12.4 Å². The Morgan fingerprint density at radius 2 is 1.45 bits per heavy atom. The van der Waals surface area contributed by atoms with Crippen LogP contribution in [0.2, 0.25) is 0 Å². The van der Waals surface area contributed by atoms with Crippen molar-refractivity contribution < 1.29 is 32.2 Å². The number of nitrogens with zero attached hydrogens (tertiary/aromatic N) is 2. The lowest BCUT2D eigenvalue weighted by molar-refractivity contribution is -0.149. The van der Waals surface area contributed by atoms with Crippen LogP contribution >= 0.6 is 0 Å². The van der Waals surface area contributed by atoms with Crippen LogP contribution in [0.15, 0.2) is 12.4 Å². The van der Waals surface area contributed by atoms with E-state index in [1.165, 1.54) is 7.11 Å². The molecule has 1 aromatic carbocycles. The van der Waals surface area contributed by atoms with E-state index < -0.39 is 64.8 Å². The third-order valence-corrected chi connectivity index (χ3v) is 5.09. The molecule has 0 radical (unpaired) electrons. The Morgan fingerprint density at radius 3 is 1.91 bits per heavy atom. The van der Waals surface area contributed by atoms with Crippen LogP contribution in [0.1, 0.15) is 70.0 Å². The van der Waals surface area contributed by atoms with Crippen LogP contribution in [-0.4, -0.2) is 30.2 Å². The van der Waals surface area contributed by atoms with Crippen LogP contribution in [0.4, 0.5) is 13.2 Å². The zero-order valence-corrected chi connectivity index (χ0v) is 20.3. The number of benzene rings is 1. The largest absolute Gasteiger partial charge is 0.493 e. The molecular weight excluding hydrogens is 437 g/mol. The van der Waals surface area contributed by atoms with Gasteiger partial charge in [-0.15, -0.1) is 0 Å². The van der Waals surface area contributed by atoms with Crippen molar-refractivity contribution in [3.63, 3.8) is 0 Å². The first kappa shape index (κ1) is 26.6. The normalized spacial score (nSPS) is 13.1. The van der Waals surface area contributed by atoms with Gasteiger partial charge in [-0.1, -0.05) is 41.5 Å². The molecule has 2 rings (SSSR count). The molecule has 0 saturated heterocycles. The monoisotopic (exact) mass is 468 g/mol. The lowest BCUT2D eigenvalue weighted by atomic mass is 9.77. The van der Waals surface area contributed by atoms with Crippen LogP contribution in [-0.2, 0) is 32.9 Å². The zero-order chi connectivity index (χ0) is 25.1. The Bertz CT molecular complexity index is 997. The fourth-order valence-corrected chi connectivity index (χ4v) is 3.43. The van der Waals surface area contributed by atoms with Gasteiger partial charge in [0, 0.05) is 30.5 Å². The molecule has 1 heterocycles. The summed E-state index contributed by atoms with van der Waals surface area (Å²) in [5.41, 5.74) is -1.50. The third-order valence-electron chi connectivity index (χ3n) is 5.09. The van der Waals surface area contributed by atoms with E-state index in [9.17, 15) is 18.0 Å². The summed E-state index contributed by atoms with van der Waals surface area (Å²) in [6.07, 6.45) is 3.12. The van der Waals surface area contributed by atoms with E-state index in [0.29, 0.717) is 11.4 Å². The minimum Gasteiger partial charge on any atom is -0.493 e. The predicted octanol–water partition coefficient (Wildman–Crippen LogP) is 5.22. The second kappa shape index (κ2) is 10.1. The number of halogens is 3. The van der Waals surface area contributed by atoms with E-state index in [2.05, 4.69) is 9.97 Å². The summed E-state index contributed by atoms with van der Waals surface area (Å²) in [5.74, 6) is -5.33. The second-order valence-electron chi connectivity index (χ2n) is 9.86. The number of rotatable bonds is 7. The van der Waals surface area contributed by atoms with Crippen molar-refractivity contribution in [3.05, 3.63) is 52.4 Å². The van der Waals surface area contributed by atoms with Crippen LogP contribution < -0.4 is 4.74 Å². The maximum absolute atomic E-state index is 14.7. The van der Waals surface area contributed by atoms with E-state index in [4.69, 9.17) is 14.2 Å². The van der Waals surface area contributed by atoms with Crippen LogP contribution in [0.5, 0.6) is 5.75 Å². The Labute approximate surface area is 192 Å². The highest BCUT2D eigenvalue weighted by Gasteiger charge is 2.36. The van der Waals surface area contributed by atoms with Gasteiger partial charge >= 0.3 is 5.97 Å². The molecule has 0 bridgehead atoms. The number of carbonyl (C=O) groups is 1. The molecule has 9 heteroatoms. The number of aromatic nitrogens is 2. The van der Waals surface area contributed by atoms with Gasteiger partial charge in [-0.25, -0.2) is 23.1 Å².